The van der Waals surface area contributed by atoms with Gasteiger partial charge in [-0.25, -0.2) is 0 Å². The van der Waals surface area contributed by atoms with E-state index in [1.807, 2.05) is 6.26 Å². The standard InChI is InChI=1S/C15H12O/c1-2-4-12-11(3-1)9-14(10-5-6-10)13-7-8-16-15(12)13/h1-4,7-10H,5-6H2. The summed E-state index contributed by atoms with van der Waals surface area (Å²) in [4.78, 5) is 0. The molecule has 16 heavy (non-hydrogen) atoms. The van der Waals surface area contributed by atoms with Crippen LogP contribution in [0, 0.1) is 0 Å². The van der Waals surface area contributed by atoms with Crippen molar-refractivity contribution in [1.29, 1.82) is 0 Å². The first kappa shape index (κ1) is 8.40. The Morgan fingerprint density at radius 2 is 1.88 bits per heavy atom. The van der Waals surface area contributed by atoms with E-state index in [4.69, 9.17) is 4.42 Å². The monoisotopic (exact) mass is 208 g/mol. The Balaban J connectivity index is 2.21. The maximum Gasteiger partial charge on any atom is 0.141 e. The molecule has 1 aromatic heterocycles. The second-order valence-electron chi connectivity index (χ2n) is 4.62. The van der Waals surface area contributed by atoms with Crippen LogP contribution < -0.4 is 0 Å². The van der Waals surface area contributed by atoms with Crippen molar-refractivity contribution in [3.8, 4) is 0 Å². The summed E-state index contributed by atoms with van der Waals surface area (Å²) in [5.41, 5.74) is 2.53. The Labute approximate surface area is 93.7 Å². The molecule has 0 radical (unpaired) electrons. The van der Waals surface area contributed by atoms with Gasteiger partial charge in [0.1, 0.15) is 5.58 Å². The second kappa shape index (κ2) is 2.88. The van der Waals surface area contributed by atoms with Crippen LogP contribution in [-0.4, -0.2) is 0 Å². The van der Waals surface area contributed by atoms with E-state index >= 15 is 0 Å². The van der Waals surface area contributed by atoms with Gasteiger partial charge in [0, 0.05) is 10.8 Å². The highest BCUT2D eigenvalue weighted by molar-refractivity contribution is 6.06. The number of hydrogen-bond donors (Lipinski definition) is 0. The molecule has 1 aliphatic rings. The average molecular weight is 208 g/mol. The van der Waals surface area contributed by atoms with Gasteiger partial charge < -0.3 is 4.42 Å². The van der Waals surface area contributed by atoms with Gasteiger partial charge in [-0.3, -0.25) is 0 Å². The fraction of sp³-hybridized carbons (Fsp3) is 0.200. The summed E-state index contributed by atoms with van der Waals surface area (Å²) in [6, 6.07) is 12.9. The first-order valence-electron chi connectivity index (χ1n) is 5.82. The highest BCUT2D eigenvalue weighted by Crippen LogP contribution is 2.45. The van der Waals surface area contributed by atoms with Crippen LogP contribution in [0.2, 0.25) is 0 Å². The van der Waals surface area contributed by atoms with Crippen molar-refractivity contribution < 1.29 is 4.42 Å². The summed E-state index contributed by atoms with van der Waals surface area (Å²) in [5, 5.41) is 3.83. The van der Waals surface area contributed by atoms with Crippen molar-refractivity contribution in [3.63, 3.8) is 0 Å². The molecule has 3 aromatic rings. The SMILES string of the molecule is c1ccc2c(c1)cc(C1CC1)c1ccoc12. The van der Waals surface area contributed by atoms with Crippen LogP contribution in [0.15, 0.2) is 47.1 Å². The minimum Gasteiger partial charge on any atom is -0.464 e. The minimum atomic E-state index is 0.768. The van der Waals surface area contributed by atoms with E-state index in [0.717, 1.165) is 11.5 Å². The van der Waals surface area contributed by atoms with Crippen LogP contribution >= 0.6 is 0 Å². The lowest BCUT2D eigenvalue weighted by molar-refractivity contribution is 0.619. The van der Waals surface area contributed by atoms with Gasteiger partial charge in [0.25, 0.3) is 0 Å². The van der Waals surface area contributed by atoms with Crippen molar-refractivity contribution in [2.45, 2.75) is 18.8 Å². The molecular formula is C15H12O. The molecule has 0 spiro atoms. The quantitative estimate of drug-likeness (QED) is 0.575. The molecule has 0 aliphatic heterocycles. The summed E-state index contributed by atoms with van der Waals surface area (Å²) < 4.78 is 5.65. The van der Waals surface area contributed by atoms with Gasteiger partial charge in [0.2, 0.25) is 0 Å². The lowest BCUT2D eigenvalue weighted by Crippen LogP contribution is -1.82. The van der Waals surface area contributed by atoms with Crippen molar-refractivity contribution >= 4 is 21.7 Å². The Kier molecular flexibility index (Phi) is 1.51. The van der Waals surface area contributed by atoms with E-state index in [-0.39, 0.29) is 0 Å². The van der Waals surface area contributed by atoms with E-state index in [0.29, 0.717) is 0 Å². The third-order valence-electron chi connectivity index (χ3n) is 3.51. The molecule has 1 heteroatoms. The number of fused-ring (bicyclic) bond motifs is 3. The molecule has 0 saturated heterocycles. The predicted molar refractivity (Wildman–Crippen MR) is 65.7 cm³/mol. The zero-order chi connectivity index (χ0) is 10.5. The summed E-state index contributed by atoms with van der Waals surface area (Å²) in [6.07, 6.45) is 4.47. The number of hydrogen-bond acceptors (Lipinski definition) is 1. The van der Waals surface area contributed by atoms with E-state index in [1.165, 1.54) is 34.6 Å². The maximum atomic E-state index is 5.65. The van der Waals surface area contributed by atoms with Crippen LogP contribution in [0.4, 0.5) is 0 Å². The predicted octanol–water partition coefficient (Wildman–Crippen LogP) is 4.46. The molecular weight excluding hydrogens is 196 g/mol. The van der Waals surface area contributed by atoms with Crippen molar-refractivity contribution in [2.24, 2.45) is 0 Å². The van der Waals surface area contributed by atoms with Crippen molar-refractivity contribution in [3.05, 3.63) is 48.2 Å². The molecule has 4 rings (SSSR count). The maximum absolute atomic E-state index is 5.65. The lowest BCUT2D eigenvalue weighted by Gasteiger charge is -2.04. The molecule has 1 aliphatic carbocycles. The van der Waals surface area contributed by atoms with Crippen LogP contribution in [0.5, 0.6) is 0 Å². The third-order valence-corrected chi connectivity index (χ3v) is 3.51. The van der Waals surface area contributed by atoms with Crippen LogP contribution in [0.1, 0.15) is 24.3 Å². The molecule has 1 saturated carbocycles. The fourth-order valence-electron chi connectivity index (χ4n) is 2.55. The summed E-state index contributed by atoms with van der Waals surface area (Å²) >= 11 is 0. The number of benzene rings is 2. The molecule has 78 valence electrons. The zero-order valence-corrected chi connectivity index (χ0v) is 8.94. The van der Waals surface area contributed by atoms with Gasteiger partial charge in [0.15, 0.2) is 0 Å². The summed E-state index contributed by atoms with van der Waals surface area (Å²) in [5.74, 6) is 0.768. The molecule has 0 bridgehead atoms. The zero-order valence-electron chi connectivity index (χ0n) is 8.94. The smallest absolute Gasteiger partial charge is 0.141 e. The molecule has 0 unspecified atom stereocenters. The van der Waals surface area contributed by atoms with Gasteiger partial charge in [-0.2, -0.15) is 0 Å². The fourth-order valence-corrected chi connectivity index (χ4v) is 2.55. The van der Waals surface area contributed by atoms with Crippen LogP contribution in [-0.2, 0) is 0 Å². The highest BCUT2D eigenvalue weighted by Gasteiger charge is 2.26. The van der Waals surface area contributed by atoms with E-state index < -0.39 is 0 Å². The average Bonchev–Trinajstić information content (AvgIpc) is 3.04. The Morgan fingerprint density at radius 1 is 1.00 bits per heavy atom. The van der Waals surface area contributed by atoms with Gasteiger partial charge in [-0.05, 0) is 35.8 Å². The summed E-state index contributed by atoms with van der Waals surface area (Å²) in [6.45, 7) is 0. The van der Waals surface area contributed by atoms with Gasteiger partial charge in [0.05, 0.1) is 6.26 Å². The first-order valence-corrected chi connectivity index (χ1v) is 5.82. The molecule has 1 heterocycles. The largest absolute Gasteiger partial charge is 0.464 e. The topological polar surface area (TPSA) is 13.1 Å². The third kappa shape index (κ3) is 1.06. The molecule has 0 atom stereocenters. The first-order chi connectivity index (χ1) is 7.93. The number of rotatable bonds is 1. The summed E-state index contributed by atoms with van der Waals surface area (Å²) in [7, 11) is 0. The van der Waals surface area contributed by atoms with Crippen LogP contribution in [0.3, 0.4) is 0 Å². The lowest BCUT2D eigenvalue weighted by atomic mass is 10.00. The molecule has 2 aromatic carbocycles. The second-order valence-corrected chi connectivity index (χ2v) is 4.62. The van der Waals surface area contributed by atoms with E-state index in [1.54, 1.807) is 0 Å². The van der Waals surface area contributed by atoms with Gasteiger partial charge in [-0.1, -0.05) is 30.3 Å². The van der Waals surface area contributed by atoms with Crippen molar-refractivity contribution in [2.75, 3.05) is 0 Å². The normalized spacial score (nSPS) is 16.0. The molecule has 0 amide bonds. The van der Waals surface area contributed by atoms with Gasteiger partial charge >= 0.3 is 0 Å². The van der Waals surface area contributed by atoms with E-state index in [2.05, 4.69) is 36.4 Å². The Bertz CT molecular complexity index is 674. The minimum absolute atomic E-state index is 0.768. The Hall–Kier alpha value is -1.76. The molecule has 1 nitrogen and oxygen atoms in total. The van der Waals surface area contributed by atoms with E-state index in [9.17, 15) is 0 Å². The molecule has 0 N–H and O–H groups in total. The van der Waals surface area contributed by atoms with Gasteiger partial charge in [-0.15, -0.1) is 0 Å². The van der Waals surface area contributed by atoms with Crippen molar-refractivity contribution in [1.82, 2.24) is 0 Å². The van der Waals surface area contributed by atoms with Crippen LogP contribution in [0.25, 0.3) is 21.7 Å². The number of furan rings is 1. The Morgan fingerprint density at radius 3 is 2.75 bits per heavy atom. The highest BCUT2D eigenvalue weighted by atomic mass is 16.3. The molecule has 1 fully saturated rings.